The van der Waals surface area contributed by atoms with E-state index < -0.39 is 0 Å². The van der Waals surface area contributed by atoms with Crippen LogP contribution in [0.5, 0.6) is 5.75 Å². The molecular weight excluding hydrogens is 330 g/mol. The van der Waals surface area contributed by atoms with Gasteiger partial charge in [-0.05, 0) is 42.4 Å². The fourth-order valence-electron chi connectivity index (χ4n) is 2.16. The summed E-state index contributed by atoms with van der Waals surface area (Å²) in [6, 6.07) is 7.87. The molecule has 0 heterocycles. The Balaban J connectivity index is 2.39. The highest BCUT2D eigenvalue weighted by Gasteiger charge is 2.25. The van der Waals surface area contributed by atoms with E-state index in [2.05, 4.69) is 35.1 Å². The number of nitrogens with one attached hydrogen (secondary N) is 1. The number of carbonyl (C=O) groups is 1. The summed E-state index contributed by atoms with van der Waals surface area (Å²) in [5.41, 5.74) is 1.33. The van der Waals surface area contributed by atoms with Crippen molar-refractivity contribution in [3.05, 3.63) is 29.8 Å². The van der Waals surface area contributed by atoms with Crippen molar-refractivity contribution in [2.45, 2.75) is 39.5 Å². The summed E-state index contributed by atoms with van der Waals surface area (Å²) in [5, 5.41) is 4.00. The van der Waals surface area contributed by atoms with E-state index in [1.165, 1.54) is 0 Å². The van der Waals surface area contributed by atoms with Crippen molar-refractivity contribution < 1.29 is 9.53 Å². The number of hydrogen-bond acceptors (Lipinski definition) is 2. The molecule has 0 fully saturated rings. The zero-order chi connectivity index (χ0) is 15.7. The van der Waals surface area contributed by atoms with Gasteiger partial charge < -0.3 is 10.1 Å². The molecule has 0 aromatic heterocycles. The van der Waals surface area contributed by atoms with Crippen molar-refractivity contribution in [2.24, 2.45) is 5.41 Å². The molecule has 0 atom stereocenters. The van der Waals surface area contributed by atoms with Gasteiger partial charge in [-0.15, -0.1) is 0 Å². The van der Waals surface area contributed by atoms with Crippen molar-refractivity contribution in [1.82, 2.24) is 5.32 Å². The largest absolute Gasteiger partial charge is 0.497 e. The Morgan fingerprint density at radius 1 is 1.24 bits per heavy atom. The number of rotatable bonds is 9. The number of methoxy groups -OCH3 is 1. The van der Waals surface area contributed by atoms with Gasteiger partial charge in [-0.1, -0.05) is 41.9 Å². The van der Waals surface area contributed by atoms with Crippen LogP contribution in [-0.4, -0.2) is 24.9 Å². The molecule has 0 aliphatic carbocycles. The van der Waals surface area contributed by atoms with Crippen molar-refractivity contribution >= 4 is 21.8 Å². The second-order valence-electron chi connectivity index (χ2n) is 5.47. The maximum absolute atomic E-state index is 12.0. The van der Waals surface area contributed by atoms with Crippen LogP contribution in [0.4, 0.5) is 0 Å². The Hall–Kier alpha value is -1.03. The summed E-state index contributed by atoms with van der Waals surface area (Å²) in [7, 11) is 1.65. The number of aryl methyl sites for hydroxylation is 1. The van der Waals surface area contributed by atoms with E-state index in [9.17, 15) is 4.79 Å². The quantitative estimate of drug-likeness (QED) is 0.681. The molecule has 0 spiro atoms. The molecular formula is C17H26BrNO2. The van der Waals surface area contributed by atoms with E-state index in [1.807, 2.05) is 24.3 Å². The van der Waals surface area contributed by atoms with Crippen molar-refractivity contribution in [2.75, 3.05) is 19.0 Å². The van der Waals surface area contributed by atoms with Crippen LogP contribution in [0.3, 0.4) is 0 Å². The highest BCUT2D eigenvalue weighted by molar-refractivity contribution is 9.09. The summed E-state index contributed by atoms with van der Waals surface area (Å²) in [4.78, 5) is 12.0. The van der Waals surface area contributed by atoms with Crippen molar-refractivity contribution in [3.63, 3.8) is 0 Å². The van der Waals surface area contributed by atoms with Gasteiger partial charge in [0.15, 0.2) is 0 Å². The minimum atomic E-state index is 0.123. The van der Waals surface area contributed by atoms with Gasteiger partial charge in [0.25, 0.3) is 0 Å². The van der Waals surface area contributed by atoms with Gasteiger partial charge in [-0.25, -0.2) is 0 Å². The van der Waals surface area contributed by atoms with E-state index in [-0.39, 0.29) is 11.3 Å². The minimum Gasteiger partial charge on any atom is -0.497 e. The first-order valence-corrected chi connectivity index (χ1v) is 8.67. The van der Waals surface area contributed by atoms with Crippen molar-refractivity contribution in [1.29, 1.82) is 0 Å². The molecule has 0 unspecified atom stereocenters. The molecule has 1 aromatic carbocycles. The first-order chi connectivity index (χ1) is 10.1. The molecule has 21 heavy (non-hydrogen) atoms. The Kier molecular flexibility index (Phi) is 7.79. The Morgan fingerprint density at radius 3 is 2.33 bits per heavy atom. The molecule has 0 bridgehead atoms. The molecule has 1 rings (SSSR count). The lowest BCUT2D eigenvalue weighted by Gasteiger charge is -2.29. The standard InChI is InChI=1S/C17H26BrNO2/c1-4-17(5-2,12-18)13-19-16(20)11-8-14-6-9-15(21-3)10-7-14/h6-7,9-10H,4-5,8,11-13H2,1-3H3,(H,19,20). The monoisotopic (exact) mass is 355 g/mol. The van der Waals surface area contributed by atoms with Crippen LogP contribution in [0, 0.1) is 5.41 Å². The lowest BCUT2D eigenvalue weighted by Crippen LogP contribution is -2.38. The molecule has 0 saturated heterocycles. The highest BCUT2D eigenvalue weighted by atomic mass is 79.9. The minimum absolute atomic E-state index is 0.123. The normalized spacial score (nSPS) is 11.2. The number of ether oxygens (including phenoxy) is 1. The Labute approximate surface area is 136 Å². The third-order valence-electron chi connectivity index (χ3n) is 4.24. The molecule has 1 aromatic rings. The van der Waals surface area contributed by atoms with Gasteiger partial charge in [-0.2, -0.15) is 0 Å². The van der Waals surface area contributed by atoms with E-state index in [0.29, 0.717) is 6.42 Å². The van der Waals surface area contributed by atoms with Crippen LogP contribution in [0.1, 0.15) is 38.7 Å². The summed E-state index contributed by atoms with van der Waals surface area (Å²) in [5.74, 6) is 0.967. The molecule has 0 aliphatic rings. The summed E-state index contributed by atoms with van der Waals surface area (Å²) in [6.07, 6.45) is 3.41. The smallest absolute Gasteiger partial charge is 0.220 e. The van der Waals surface area contributed by atoms with E-state index >= 15 is 0 Å². The summed E-state index contributed by atoms with van der Waals surface area (Å²) >= 11 is 3.57. The van der Waals surface area contributed by atoms with Crippen LogP contribution in [0.2, 0.25) is 0 Å². The number of carbonyl (C=O) groups excluding carboxylic acids is 1. The van der Waals surface area contributed by atoms with Gasteiger partial charge in [-0.3, -0.25) is 4.79 Å². The van der Waals surface area contributed by atoms with Crippen LogP contribution in [-0.2, 0) is 11.2 Å². The van der Waals surface area contributed by atoms with E-state index in [1.54, 1.807) is 7.11 Å². The van der Waals surface area contributed by atoms with Crippen LogP contribution in [0.25, 0.3) is 0 Å². The molecule has 4 heteroatoms. The van der Waals surface area contributed by atoms with Gasteiger partial charge >= 0.3 is 0 Å². The topological polar surface area (TPSA) is 38.3 Å². The maximum atomic E-state index is 12.0. The Bertz CT molecular complexity index is 419. The second-order valence-corrected chi connectivity index (χ2v) is 6.03. The number of benzene rings is 1. The fourth-order valence-corrected chi connectivity index (χ4v) is 3.15. The molecule has 0 saturated carbocycles. The van der Waals surface area contributed by atoms with E-state index in [4.69, 9.17) is 4.74 Å². The van der Waals surface area contributed by atoms with Crippen LogP contribution >= 0.6 is 15.9 Å². The molecule has 1 N–H and O–H groups in total. The zero-order valence-electron chi connectivity index (χ0n) is 13.2. The molecule has 118 valence electrons. The van der Waals surface area contributed by atoms with Crippen LogP contribution in [0.15, 0.2) is 24.3 Å². The van der Waals surface area contributed by atoms with Gasteiger partial charge in [0, 0.05) is 18.3 Å². The molecule has 0 radical (unpaired) electrons. The number of alkyl halides is 1. The van der Waals surface area contributed by atoms with Crippen molar-refractivity contribution in [3.8, 4) is 5.75 Å². The lowest BCUT2D eigenvalue weighted by molar-refractivity contribution is -0.121. The predicted molar refractivity (Wildman–Crippen MR) is 91.1 cm³/mol. The second kappa shape index (κ2) is 9.08. The Morgan fingerprint density at radius 2 is 1.86 bits per heavy atom. The predicted octanol–water partition coefficient (Wildman–Crippen LogP) is 3.95. The lowest BCUT2D eigenvalue weighted by atomic mass is 9.84. The molecule has 1 amide bonds. The number of hydrogen-bond donors (Lipinski definition) is 1. The van der Waals surface area contributed by atoms with Gasteiger partial charge in [0.2, 0.25) is 5.91 Å². The fraction of sp³-hybridized carbons (Fsp3) is 0.588. The SMILES string of the molecule is CCC(CC)(CBr)CNC(=O)CCc1ccc(OC)cc1. The maximum Gasteiger partial charge on any atom is 0.220 e. The van der Waals surface area contributed by atoms with Crippen LogP contribution < -0.4 is 10.1 Å². The number of amides is 1. The molecule has 0 aliphatic heterocycles. The van der Waals surface area contributed by atoms with Gasteiger partial charge in [0.1, 0.15) is 5.75 Å². The third kappa shape index (κ3) is 5.70. The third-order valence-corrected chi connectivity index (χ3v) is 5.43. The number of halogens is 1. The summed E-state index contributed by atoms with van der Waals surface area (Å²) < 4.78 is 5.12. The average Bonchev–Trinajstić information content (AvgIpc) is 2.55. The first kappa shape index (κ1) is 18.0. The summed E-state index contributed by atoms with van der Waals surface area (Å²) in [6.45, 7) is 5.09. The zero-order valence-corrected chi connectivity index (χ0v) is 14.8. The van der Waals surface area contributed by atoms with E-state index in [0.717, 1.165) is 42.5 Å². The molecule has 3 nitrogen and oxygen atoms in total. The average molecular weight is 356 g/mol. The highest BCUT2D eigenvalue weighted by Crippen LogP contribution is 2.27. The first-order valence-electron chi connectivity index (χ1n) is 7.54. The van der Waals surface area contributed by atoms with Gasteiger partial charge in [0.05, 0.1) is 7.11 Å².